The van der Waals surface area contributed by atoms with Gasteiger partial charge in [-0.2, -0.15) is 0 Å². The summed E-state index contributed by atoms with van der Waals surface area (Å²) in [6.45, 7) is 9.95. The van der Waals surface area contributed by atoms with Gasteiger partial charge in [0.25, 0.3) is 0 Å². The van der Waals surface area contributed by atoms with Crippen LogP contribution in [0.5, 0.6) is 0 Å². The lowest BCUT2D eigenvalue weighted by Crippen LogP contribution is -2.39. The molecule has 0 spiro atoms. The van der Waals surface area contributed by atoms with E-state index in [0.717, 1.165) is 30.7 Å². The maximum atomic E-state index is 11.8. The molecule has 1 heterocycles. The van der Waals surface area contributed by atoms with Gasteiger partial charge in [0.2, 0.25) is 0 Å². The quantitative estimate of drug-likeness (QED) is 0.856. The Morgan fingerprint density at radius 2 is 2.13 bits per heavy atom. The van der Waals surface area contributed by atoms with E-state index in [1.165, 1.54) is 4.88 Å². The number of amides is 1. The van der Waals surface area contributed by atoms with Crippen molar-refractivity contribution in [2.24, 2.45) is 0 Å². The summed E-state index contributed by atoms with van der Waals surface area (Å²) in [4.78, 5) is 17.7. The number of thiazole rings is 1. The average molecular weight is 340 g/mol. The second-order valence-corrected chi connectivity index (χ2v) is 8.41. The minimum absolute atomic E-state index is 0.192. The maximum Gasteiger partial charge on any atom is 0.407 e. The first-order chi connectivity index (χ1) is 10.8. The summed E-state index contributed by atoms with van der Waals surface area (Å²) in [6, 6.07) is 0.863. The van der Waals surface area contributed by atoms with Crippen LogP contribution in [-0.4, -0.2) is 28.8 Å². The molecule has 1 aliphatic carbocycles. The normalized spacial score (nSPS) is 22.8. The summed E-state index contributed by atoms with van der Waals surface area (Å²) in [6.07, 6.45) is 5.69. The Kier molecular flexibility index (Phi) is 6.03. The molecule has 1 aromatic rings. The third kappa shape index (κ3) is 5.77. The van der Waals surface area contributed by atoms with Crippen LogP contribution in [0.1, 0.15) is 69.8 Å². The molecule has 5 nitrogen and oxygen atoms in total. The predicted octanol–water partition coefficient (Wildman–Crippen LogP) is 3.80. The van der Waals surface area contributed by atoms with Gasteiger partial charge in [-0.1, -0.05) is 6.92 Å². The number of carbonyl (C=O) groups excluding carboxylic acids is 1. The number of nitrogens with one attached hydrogen (secondary N) is 2. The van der Waals surface area contributed by atoms with E-state index < -0.39 is 5.60 Å². The molecule has 1 amide bonds. The van der Waals surface area contributed by atoms with Gasteiger partial charge >= 0.3 is 6.09 Å². The number of carbonyl (C=O) groups is 1. The minimum Gasteiger partial charge on any atom is -0.444 e. The lowest BCUT2D eigenvalue weighted by molar-refractivity contribution is 0.0505. The number of aromatic nitrogens is 1. The number of hydrogen-bond acceptors (Lipinski definition) is 5. The topological polar surface area (TPSA) is 63.2 Å². The fourth-order valence-corrected chi connectivity index (χ4v) is 3.72. The van der Waals surface area contributed by atoms with Gasteiger partial charge < -0.3 is 15.4 Å². The Morgan fingerprint density at radius 1 is 1.43 bits per heavy atom. The van der Waals surface area contributed by atoms with Crippen LogP contribution >= 0.6 is 11.3 Å². The van der Waals surface area contributed by atoms with Gasteiger partial charge in [-0.25, -0.2) is 9.78 Å². The van der Waals surface area contributed by atoms with Crippen LogP contribution in [0.3, 0.4) is 0 Å². The second-order valence-electron chi connectivity index (χ2n) is 7.26. The summed E-state index contributed by atoms with van der Waals surface area (Å²) in [7, 11) is 0. The van der Waals surface area contributed by atoms with Gasteiger partial charge in [-0.15, -0.1) is 11.3 Å². The lowest BCUT2D eigenvalue weighted by atomic mass is 10.2. The Hall–Kier alpha value is -1.14. The molecule has 2 N–H and O–H groups in total. The zero-order chi connectivity index (χ0) is 17.0. The molecule has 0 bridgehead atoms. The van der Waals surface area contributed by atoms with E-state index in [2.05, 4.69) is 29.5 Å². The molecule has 23 heavy (non-hydrogen) atoms. The third-order valence-electron chi connectivity index (χ3n) is 3.93. The minimum atomic E-state index is -0.448. The van der Waals surface area contributed by atoms with Crippen molar-refractivity contribution in [3.8, 4) is 0 Å². The molecule has 1 aliphatic rings. The van der Waals surface area contributed by atoms with Gasteiger partial charge in [-0.05, 0) is 53.4 Å². The van der Waals surface area contributed by atoms with Gasteiger partial charge in [0.05, 0.1) is 6.04 Å². The fraction of sp³-hybridized carbons (Fsp3) is 0.765. The maximum absolute atomic E-state index is 11.8. The van der Waals surface area contributed by atoms with Crippen LogP contribution in [0.25, 0.3) is 0 Å². The molecule has 1 fully saturated rings. The van der Waals surface area contributed by atoms with E-state index in [0.29, 0.717) is 6.04 Å². The predicted molar refractivity (Wildman–Crippen MR) is 93.8 cm³/mol. The molecule has 6 heteroatoms. The standard InChI is InChI=1S/C17H29N3O2S/c1-6-14-10-18-15(23-14)11(2)19-12-7-8-13(9-12)20-16(21)22-17(3,4)5/h10-13,19H,6-9H2,1-5H3,(H,20,21). The Balaban J connectivity index is 1.77. The van der Waals surface area contributed by atoms with Crippen molar-refractivity contribution in [3.05, 3.63) is 16.1 Å². The highest BCUT2D eigenvalue weighted by molar-refractivity contribution is 7.11. The smallest absolute Gasteiger partial charge is 0.407 e. The Labute approximate surface area is 143 Å². The molecule has 1 saturated carbocycles. The molecule has 2 rings (SSSR count). The van der Waals surface area contributed by atoms with Crippen molar-refractivity contribution in [2.75, 3.05) is 0 Å². The molecule has 0 aliphatic heterocycles. The second kappa shape index (κ2) is 7.62. The number of nitrogens with zero attached hydrogens (tertiary/aromatic N) is 1. The molecule has 0 radical (unpaired) electrons. The van der Waals surface area contributed by atoms with Crippen molar-refractivity contribution in [2.45, 2.75) is 84.0 Å². The SMILES string of the molecule is CCc1cnc(C(C)NC2CCC(NC(=O)OC(C)(C)C)C2)s1. The number of ether oxygens (including phenoxy) is 1. The summed E-state index contributed by atoms with van der Waals surface area (Å²) in [5.74, 6) is 0. The van der Waals surface area contributed by atoms with Crippen LogP contribution in [0, 0.1) is 0 Å². The van der Waals surface area contributed by atoms with Gasteiger partial charge in [-0.3, -0.25) is 0 Å². The highest BCUT2D eigenvalue weighted by Crippen LogP contribution is 2.25. The van der Waals surface area contributed by atoms with Crippen molar-refractivity contribution < 1.29 is 9.53 Å². The average Bonchev–Trinajstić information content (AvgIpc) is 3.05. The van der Waals surface area contributed by atoms with Gasteiger partial charge in [0.15, 0.2) is 0 Å². The summed E-state index contributed by atoms with van der Waals surface area (Å²) in [5, 5.41) is 7.76. The van der Waals surface area contributed by atoms with E-state index in [1.54, 1.807) is 11.3 Å². The molecule has 3 unspecified atom stereocenters. The largest absolute Gasteiger partial charge is 0.444 e. The van der Waals surface area contributed by atoms with Crippen molar-refractivity contribution >= 4 is 17.4 Å². The van der Waals surface area contributed by atoms with E-state index in [-0.39, 0.29) is 18.2 Å². The van der Waals surface area contributed by atoms with E-state index in [4.69, 9.17) is 4.74 Å². The van der Waals surface area contributed by atoms with Crippen LogP contribution in [0.15, 0.2) is 6.20 Å². The van der Waals surface area contributed by atoms with E-state index >= 15 is 0 Å². The first kappa shape index (κ1) is 18.2. The van der Waals surface area contributed by atoms with Crippen molar-refractivity contribution in [3.63, 3.8) is 0 Å². The van der Waals surface area contributed by atoms with Crippen molar-refractivity contribution in [1.82, 2.24) is 15.6 Å². The van der Waals surface area contributed by atoms with E-state index in [1.807, 2.05) is 27.0 Å². The van der Waals surface area contributed by atoms with E-state index in [9.17, 15) is 4.79 Å². The third-order valence-corrected chi connectivity index (χ3v) is 5.25. The first-order valence-electron chi connectivity index (χ1n) is 8.47. The van der Waals surface area contributed by atoms with Crippen molar-refractivity contribution in [1.29, 1.82) is 0 Å². The molecule has 130 valence electrons. The summed E-state index contributed by atoms with van der Waals surface area (Å²) in [5.41, 5.74) is -0.448. The molecule has 3 atom stereocenters. The zero-order valence-corrected chi connectivity index (χ0v) is 15.6. The van der Waals surface area contributed by atoms with Crippen LogP contribution < -0.4 is 10.6 Å². The molecular weight excluding hydrogens is 310 g/mol. The summed E-state index contributed by atoms with van der Waals surface area (Å²) < 4.78 is 5.32. The number of aryl methyl sites for hydroxylation is 1. The first-order valence-corrected chi connectivity index (χ1v) is 9.28. The summed E-state index contributed by atoms with van der Waals surface area (Å²) >= 11 is 1.78. The van der Waals surface area contributed by atoms with Crippen LogP contribution in [0.4, 0.5) is 4.79 Å². The molecular formula is C17H29N3O2S. The lowest BCUT2D eigenvalue weighted by Gasteiger charge is -2.22. The van der Waals surface area contributed by atoms with Crippen LogP contribution in [0.2, 0.25) is 0 Å². The molecule has 0 saturated heterocycles. The monoisotopic (exact) mass is 339 g/mol. The zero-order valence-electron chi connectivity index (χ0n) is 14.8. The number of hydrogen-bond donors (Lipinski definition) is 2. The van der Waals surface area contributed by atoms with Gasteiger partial charge in [0, 0.05) is 23.2 Å². The Bertz CT molecular complexity index is 524. The number of rotatable bonds is 5. The molecule has 1 aromatic heterocycles. The molecule has 0 aromatic carbocycles. The number of alkyl carbamates (subject to hydrolysis) is 1. The Morgan fingerprint density at radius 3 is 2.74 bits per heavy atom. The van der Waals surface area contributed by atoms with Crippen LogP contribution in [-0.2, 0) is 11.2 Å². The highest BCUT2D eigenvalue weighted by atomic mass is 32.1. The highest BCUT2D eigenvalue weighted by Gasteiger charge is 2.28. The van der Waals surface area contributed by atoms with Gasteiger partial charge in [0.1, 0.15) is 10.6 Å². The fourth-order valence-electron chi connectivity index (χ4n) is 2.85.